The van der Waals surface area contributed by atoms with Gasteiger partial charge < -0.3 is 10.8 Å². The van der Waals surface area contributed by atoms with Crippen molar-refractivity contribution >= 4 is 11.6 Å². The molecule has 0 spiro atoms. The molecule has 0 aliphatic heterocycles. The molecule has 1 aromatic carbocycles. The Morgan fingerprint density at radius 2 is 2.06 bits per heavy atom. The molecule has 1 atom stereocenters. The minimum atomic E-state index is -0.932. The molecule has 3 N–H and O–H groups in total. The van der Waals surface area contributed by atoms with Crippen molar-refractivity contribution in [2.45, 2.75) is 31.8 Å². The Morgan fingerprint density at radius 3 is 2.50 bits per heavy atom. The Morgan fingerprint density at radius 1 is 1.44 bits per heavy atom. The standard InChI is InChI=1S/C13H18ClNO/c1-12(16,13(9-15)7-4-8-13)10-5-2-3-6-11(10)14/h2-3,5-6,16H,4,7-9,15H2,1H3. The summed E-state index contributed by atoms with van der Waals surface area (Å²) in [6, 6.07) is 7.47. The van der Waals surface area contributed by atoms with Crippen LogP contribution in [-0.2, 0) is 5.60 Å². The summed E-state index contributed by atoms with van der Waals surface area (Å²) in [6.07, 6.45) is 3.08. The van der Waals surface area contributed by atoms with Crippen LogP contribution in [0.3, 0.4) is 0 Å². The van der Waals surface area contributed by atoms with E-state index < -0.39 is 5.60 Å². The fraction of sp³-hybridized carbons (Fsp3) is 0.538. The molecule has 0 aromatic heterocycles. The normalized spacial score (nSPS) is 22.2. The van der Waals surface area contributed by atoms with Gasteiger partial charge in [0.15, 0.2) is 0 Å². The van der Waals surface area contributed by atoms with Gasteiger partial charge in [-0.05, 0) is 25.8 Å². The predicted molar refractivity (Wildman–Crippen MR) is 66.4 cm³/mol. The molecule has 2 rings (SSSR count). The summed E-state index contributed by atoms with van der Waals surface area (Å²) in [5.41, 5.74) is 5.50. The topological polar surface area (TPSA) is 46.2 Å². The number of hydrogen-bond donors (Lipinski definition) is 2. The summed E-state index contributed by atoms with van der Waals surface area (Å²) in [5.74, 6) is 0. The van der Waals surface area contributed by atoms with Crippen LogP contribution < -0.4 is 5.73 Å². The molecule has 1 aliphatic rings. The van der Waals surface area contributed by atoms with Crippen LogP contribution in [0.4, 0.5) is 0 Å². The third-order valence-electron chi connectivity index (χ3n) is 4.13. The maximum Gasteiger partial charge on any atom is 0.0950 e. The molecule has 0 radical (unpaired) electrons. The highest BCUT2D eigenvalue weighted by Gasteiger charge is 2.51. The highest BCUT2D eigenvalue weighted by molar-refractivity contribution is 6.31. The van der Waals surface area contributed by atoms with Crippen LogP contribution in [0.5, 0.6) is 0 Å². The second kappa shape index (κ2) is 4.02. The number of aliphatic hydroxyl groups is 1. The van der Waals surface area contributed by atoms with Gasteiger partial charge in [0.1, 0.15) is 0 Å². The molecule has 0 heterocycles. The van der Waals surface area contributed by atoms with Crippen molar-refractivity contribution in [3.63, 3.8) is 0 Å². The van der Waals surface area contributed by atoms with Crippen molar-refractivity contribution in [3.05, 3.63) is 34.9 Å². The Kier molecular flexibility index (Phi) is 2.99. The lowest BCUT2D eigenvalue weighted by atomic mass is 9.57. The smallest absolute Gasteiger partial charge is 0.0950 e. The number of halogens is 1. The third-order valence-corrected chi connectivity index (χ3v) is 4.46. The van der Waals surface area contributed by atoms with E-state index in [1.54, 1.807) is 0 Å². The first kappa shape index (κ1) is 11.9. The van der Waals surface area contributed by atoms with Crippen LogP contribution in [0.15, 0.2) is 24.3 Å². The van der Waals surface area contributed by atoms with E-state index in [1.807, 2.05) is 31.2 Å². The Bertz CT molecular complexity index is 380. The molecule has 16 heavy (non-hydrogen) atoms. The Balaban J connectivity index is 2.42. The van der Waals surface area contributed by atoms with E-state index in [9.17, 15) is 5.11 Å². The number of nitrogens with two attached hydrogens (primary N) is 1. The van der Waals surface area contributed by atoms with Crippen molar-refractivity contribution in [1.29, 1.82) is 0 Å². The molecule has 1 aromatic rings. The number of hydrogen-bond acceptors (Lipinski definition) is 2. The zero-order chi connectivity index (χ0) is 11.8. The van der Waals surface area contributed by atoms with Gasteiger partial charge in [-0.25, -0.2) is 0 Å². The summed E-state index contributed by atoms with van der Waals surface area (Å²) < 4.78 is 0. The number of rotatable bonds is 3. The fourth-order valence-corrected chi connectivity index (χ4v) is 2.95. The first-order valence-electron chi connectivity index (χ1n) is 5.71. The molecular weight excluding hydrogens is 222 g/mol. The average Bonchev–Trinajstić information content (AvgIpc) is 2.16. The van der Waals surface area contributed by atoms with Gasteiger partial charge in [0.2, 0.25) is 0 Å². The Hall–Kier alpha value is -0.570. The molecule has 0 amide bonds. The predicted octanol–water partition coefficient (Wildman–Crippen LogP) is 2.68. The quantitative estimate of drug-likeness (QED) is 0.852. The van der Waals surface area contributed by atoms with Gasteiger partial charge in [-0.1, -0.05) is 36.2 Å². The van der Waals surface area contributed by atoms with Gasteiger partial charge in [0.05, 0.1) is 5.60 Å². The lowest BCUT2D eigenvalue weighted by molar-refractivity contribution is -0.116. The lowest BCUT2D eigenvalue weighted by Gasteiger charge is -2.51. The van der Waals surface area contributed by atoms with Crippen LogP contribution >= 0.6 is 11.6 Å². The van der Waals surface area contributed by atoms with E-state index in [-0.39, 0.29) is 5.41 Å². The average molecular weight is 240 g/mol. The van der Waals surface area contributed by atoms with Crippen molar-refractivity contribution in [2.24, 2.45) is 11.1 Å². The van der Waals surface area contributed by atoms with E-state index in [2.05, 4.69) is 0 Å². The van der Waals surface area contributed by atoms with Gasteiger partial charge in [0.25, 0.3) is 0 Å². The summed E-state index contributed by atoms with van der Waals surface area (Å²) in [4.78, 5) is 0. The van der Waals surface area contributed by atoms with Crippen LogP contribution in [0.1, 0.15) is 31.7 Å². The van der Waals surface area contributed by atoms with Crippen LogP contribution in [0.2, 0.25) is 5.02 Å². The molecular formula is C13H18ClNO. The zero-order valence-electron chi connectivity index (χ0n) is 9.54. The van der Waals surface area contributed by atoms with Crippen LogP contribution in [0, 0.1) is 5.41 Å². The molecule has 88 valence electrons. The van der Waals surface area contributed by atoms with E-state index in [0.29, 0.717) is 11.6 Å². The molecule has 1 aliphatic carbocycles. The number of benzene rings is 1. The van der Waals surface area contributed by atoms with E-state index in [1.165, 1.54) is 0 Å². The zero-order valence-corrected chi connectivity index (χ0v) is 10.3. The summed E-state index contributed by atoms with van der Waals surface area (Å²) in [6.45, 7) is 2.34. The van der Waals surface area contributed by atoms with Gasteiger partial charge >= 0.3 is 0 Å². The van der Waals surface area contributed by atoms with Crippen molar-refractivity contribution in [1.82, 2.24) is 0 Å². The second-order valence-electron chi connectivity index (χ2n) is 4.89. The van der Waals surface area contributed by atoms with Crippen molar-refractivity contribution in [2.75, 3.05) is 6.54 Å². The van der Waals surface area contributed by atoms with Crippen LogP contribution in [-0.4, -0.2) is 11.7 Å². The minimum absolute atomic E-state index is 0.196. The molecule has 1 fully saturated rings. The lowest BCUT2D eigenvalue weighted by Crippen LogP contribution is -2.53. The SMILES string of the molecule is CC(O)(c1ccccc1Cl)C1(CN)CCC1. The first-order valence-corrected chi connectivity index (χ1v) is 6.09. The van der Waals surface area contributed by atoms with Gasteiger partial charge in [-0.2, -0.15) is 0 Å². The summed E-state index contributed by atoms with van der Waals surface area (Å²) in [7, 11) is 0. The molecule has 1 unspecified atom stereocenters. The van der Waals surface area contributed by atoms with E-state index in [4.69, 9.17) is 17.3 Å². The highest BCUT2D eigenvalue weighted by Crippen LogP contribution is 2.53. The first-order chi connectivity index (χ1) is 7.53. The maximum absolute atomic E-state index is 10.8. The molecule has 0 saturated heterocycles. The van der Waals surface area contributed by atoms with E-state index in [0.717, 1.165) is 24.8 Å². The van der Waals surface area contributed by atoms with Gasteiger partial charge in [-0.15, -0.1) is 0 Å². The van der Waals surface area contributed by atoms with Crippen LogP contribution in [0.25, 0.3) is 0 Å². The molecule has 2 nitrogen and oxygen atoms in total. The van der Waals surface area contributed by atoms with E-state index >= 15 is 0 Å². The fourth-order valence-electron chi connectivity index (χ4n) is 2.63. The summed E-state index contributed by atoms with van der Waals surface area (Å²) >= 11 is 6.15. The molecule has 3 heteroatoms. The van der Waals surface area contributed by atoms with Crippen molar-refractivity contribution < 1.29 is 5.11 Å². The largest absolute Gasteiger partial charge is 0.385 e. The monoisotopic (exact) mass is 239 g/mol. The van der Waals surface area contributed by atoms with Crippen molar-refractivity contribution in [3.8, 4) is 0 Å². The maximum atomic E-state index is 10.8. The molecule has 1 saturated carbocycles. The minimum Gasteiger partial charge on any atom is -0.385 e. The van der Waals surface area contributed by atoms with Gasteiger partial charge in [-0.3, -0.25) is 0 Å². The third kappa shape index (κ3) is 1.56. The molecule has 0 bridgehead atoms. The second-order valence-corrected chi connectivity index (χ2v) is 5.30. The van der Waals surface area contributed by atoms with Gasteiger partial charge in [0, 0.05) is 22.5 Å². The Labute approximate surface area is 101 Å². The summed E-state index contributed by atoms with van der Waals surface area (Å²) in [5, 5.41) is 11.4. The highest BCUT2D eigenvalue weighted by atomic mass is 35.5.